The van der Waals surface area contributed by atoms with E-state index < -0.39 is 29.7 Å². The van der Waals surface area contributed by atoms with Gasteiger partial charge in [0.1, 0.15) is 18.2 Å². The number of hydrogen-bond acceptors (Lipinski definition) is 6. The van der Waals surface area contributed by atoms with Crippen LogP contribution in [0.1, 0.15) is 46.1 Å². The first-order valence-corrected chi connectivity index (χ1v) is 8.57. The number of esters is 2. The molecule has 7 nitrogen and oxygen atoms in total. The number of rotatable bonds is 8. The van der Waals surface area contributed by atoms with E-state index in [4.69, 9.17) is 14.2 Å². The highest BCUT2D eigenvalue weighted by Gasteiger charge is 2.26. The minimum Gasteiger partial charge on any atom is -0.466 e. The molecule has 0 saturated carbocycles. The van der Waals surface area contributed by atoms with Crippen LogP contribution in [0, 0.1) is 0 Å². The van der Waals surface area contributed by atoms with Gasteiger partial charge in [0.05, 0.1) is 6.61 Å². The molecule has 0 aliphatic carbocycles. The van der Waals surface area contributed by atoms with Crippen LogP contribution in [0.3, 0.4) is 0 Å². The van der Waals surface area contributed by atoms with Crippen molar-refractivity contribution in [2.45, 2.75) is 58.8 Å². The third-order valence-electron chi connectivity index (χ3n) is 3.14. The number of nitrogens with one attached hydrogen (secondary N) is 1. The van der Waals surface area contributed by atoms with Crippen molar-refractivity contribution in [3.8, 4) is 0 Å². The fraction of sp³-hybridized carbons (Fsp3) is 0.526. The topological polar surface area (TPSA) is 90.9 Å². The molecule has 26 heavy (non-hydrogen) atoms. The summed E-state index contributed by atoms with van der Waals surface area (Å²) >= 11 is 0. The van der Waals surface area contributed by atoms with E-state index in [2.05, 4.69) is 5.32 Å². The molecule has 1 N–H and O–H groups in total. The van der Waals surface area contributed by atoms with E-state index >= 15 is 0 Å². The Morgan fingerprint density at radius 1 is 1.08 bits per heavy atom. The molecule has 0 radical (unpaired) electrons. The van der Waals surface area contributed by atoms with Gasteiger partial charge >= 0.3 is 18.0 Å². The fourth-order valence-corrected chi connectivity index (χ4v) is 2.02. The minimum atomic E-state index is -1.00. The average Bonchev–Trinajstić information content (AvgIpc) is 2.56. The Bertz CT molecular complexity index is 594. The van der Waals surface area contributed by atoms with Crippen molar-refractivity contribution < 1.29 is 28.6 Å². The van der Waals surface area contributed by atoms with Gasteiger partial charge in [-0.2, -0.15) is 0 Å². The predicted molar refractivity (Wildman–Crippen MR) is 95.3 cm³/mol. The van der Waals surface area contributed by atoms with Gasteiger partial charge in [-0.25, -0.2) is 9.59 Å². The number of ether oxygens (including phenoxy) is 3. The lowest BCUT2D eigenvalue weighted by atomic mass is 10.1. The quantitative estimate of drug-likeness (QED) is 0.563. The van der Waals surface area contributed by atoms with Gasteiger partial charge in [0.2, 0.25) is 0 Å². The molecule has 0 aliphatic heterocycles. The zero-order valence-corrected chi connectivity index (χ0v) is 15.7. The first-order chi connectivity index (χ1) is 12.2. The maximum Gasteiger partial charge on any atom is 0.408 e. The Hall–Kier alpha value is -2.57. The SMILES string of the molecule is CCOC(=O)CCC(NC(=O)OC(C)(C)C)C(=O)OCc1ccccc1. The first-order valence-electron chi connectivity index (χ1n) is 8.57. The third-order valence-corrected chi connectivity index (χ3v) is 3.14. The molecule has 7 heteroatoms. The third kappa shape index (κ3) is 9.05. The maximum atomic E-state index is 12.3. The smallest absolute Gasteiger partial charge is 0.408 e. The molecule has 1 atom stereocenters. The van der Waals surface area contributed by atoms with Crippen molar-refractivity contribution in [3.05, 3.63) is 35.9 Å². The molecule has 0 aromatic heterocycles. The second kappa shape index (κ2) is 10.4. The lowest BCUT2D eigenvalue weighted by Gasteiger charge is -2.22. The van der Waals surface area contributed by atoms with Gasteiger partial charge in [-0.15, -0.1) is 0 Å². The molecule has 1 aromatic rings. The Balaban J connectivity index is 2.66. The van der Waals surface area contributed by atoms with Gasteiger partial charge in [-0.3, -0.25) is 4.79 Å². The maximum absolute atomic E-state index is 12.3. The molecule has 0 aliphatic rings. The molecule has 0 spiro atoms. The molecule has 1 unspecified atom stereocenters. The first kappa shape index (κ1) is 21.5. The zero-order valence-electron chi connectivity index (χ0n) is 15.7. The molecular weight excluding hydrogens is 338 g/mol. The van der Waals surface area contributed by atoms with Gasteiger partial charge in [0, 0.05) is 6.42 Å². The van der Waals surface area contributed by atoms with Crippen molar-refractivity contribution in [2.24, 2.45) is 0 Å². The number of carbonyl (C=O) groups is 3. The highest BCUT2D eigenvalue weighted by atomic mass is 16.6. The second-order valence-corrected chi connectivity index (χ2v) is 6.64. The second-order valence-electron chi connectivity index (χ2n) is 6.64. The normalized spacial score (nSPS) is 12.0. The predicted octanol–water partition coefficient (Wildman–Crippen LogP) is 2.97. The van der Waals surface area contributed by atoms with Gasteiger partial charge in [-0.05, 0) is 39.7 Å². The number of benzene rings is 1. The van der Waals surface area contributed by atoms with Gasteiger partial charge in [0.15, 0.2) is 0 Å². The average molecular weight is 365 g/mol. The highest BCUT2D eigenvalue weighted by molar-refractivity contribution is 5.82. The summed E-state index contributed by atoms with van der Waals surface area (Å²) in [5.74, 6) is -1.08. The lowest BCUT2D eigenvalue weighted by Crippen LogP contribution is -2.44. The van der Waals surface area contributed by atoms with Crippen LogP contribution in [0.5, 0.6) is 0 Å². The number of alkyl carbamates (subject to hydrolysis) is 1. The van der Waals surface area contributed by atoms with Crippen LogP contribution >= 0.6 is 0 Å². The van der Waals surface area contributed by atoms with E-state index in [1.54, 1.807) is 27.7 Å². The van der Waals surface area contributed by atoms with Gasteiger partial charge in [-0.1, -0.05) is 30.3 Å². The van der Waals surface area contributed by atoms with Crippen LogP contribution in [0.2, 0.25) is 0 Å². The molecule has 0 bridgehead atoms. The minimum absolute atomic E-state index is 0.0191. The molecule has 0 saturated heterocycles. The van der Waals surface area contributed by atoms with Crippen LogP contribution in [0.15, 0.2) is 30.3 Å². The summed E-state index contributed by atoms with van der Waals surface area (Å²) in [6.45, 7) is 7.17. The zero-order chi connectivity index (χ0) is 19.6. The summed E-state index contributed by atoms with van der Waals surface area (Å²) in [4.78, 5) is 35.9. The van der Waals surface area contributed by atoms with Crippen molar-refractivity contribution in [2.75, 3.05) is 6.61 Å². The molecule has 144 valence electrons. The van der Waals surface area contributed by atoms with Crippen molar-refractivity contribution >= 4 is 18.0 Å². The molecule has 1 aromatic carbocycles. The number of amides is 1. The standard InChI is InChI=1S/C19H27NO6/c1-5-24-16(21)12-11-15(20-18(23)26-19(2,3)4)17(22)25-13-14-9-7-6-8-10-14/h6-10,15H,5,11-13H2,1-4H3,(H,20,23). The molecular formula is C19H27NO6. The Morgan fingerprint density at radius 3 is 2.31 bits per heavy atom. The van der Waals surface area contributed by atoms with Crippen LogP contribution in [-0.2, 0) is 30.4 Å². The summed E-state index contributed by atoms with van der Waals surface area (Å²) in [5, 5.41) is 2.46. The fourth-order valence-electron chi connectivity index (χ4n) is 2.02. The van der Waals surface area contributed by atoms with Crippen molar-refractivity contribution in [1.29, 1.82) is 0 Å². The van der Waals surface area contributed by atoms with Crippen molar-refractivity contribution in [3.63, 3.8) is 0 Å². The van der Waals surface area contributed by atoms with E-state index in [1.807, 2.05) is 30.3 Å². The number of hydrogen-bond donors (Lipinski definition) is 1. The van der Waals surface area contributed by atoms with E-state index in [0.29, 0.717) is 0 Å². The summed E-state index contributed by atoms with van der Waals surface area (Å²) in [7, 11) is 0. The van der Waals surface area contributed by atoms with Gasteiger partial charge < -0.3 is 19.5 Å². The van der Waals surface area contributed by atoms with E-state index in [0.717, 1.165) is 5.56 Å². The monoisotopic (exact) mass is 365 g/mol. The molecule has 0 heterocycles. The lowest BCUT2D eigenvalue weighted by molar-refractivity contribution is -0.148. The summed E-state index contributed by atoms with van der Waals surface area (Å²) in [5.41, 5.74) is 0.117. The Kier molecular flexibility index (Phi) is 8.61. The number of carbonyl (C=O) groups excluding carboxylic acids is 3. The molecule has 1 rings (SSSR count). The van der Waals surface area contributed by atoms with Crippen LogP contribution in [0.25, 0.3) is 0 Å². The van der Waals surface area contributed by atoms with E-state index in [1.165, 1.54) is 0 Å². The van der Waals surface area contributed by atoms with Crippen LogP contribution < -0.4 is 5.32 Å². The van der Waals surface area contributed by atoms with Crippen LogP contribution in [-0.4, -0.2) is 36.3 Å². The molecule has 1 amide bonds. The Labute approximate surface area is 154 Å². The summed E-state index contributed by atoms with van der Waals surface area (Å²) in [6, 6.07) is 8.17. The summed E-state index contributed by atoms with van der Waals surface area (Å²) in [6.07, 6.45) is -0.705. The highest BCUT2D eigenvalue weighted by Crippen LogP contribution is 2.10. The largest absolute Gasteiger partial charge is 0.466 e. The van der Waals surface area contributed by atoms with E-state index in [-0.39, 0.29) is 26.1 Å². The van der Waals surface area contributed by atoms with Crippen molar-refractivity contribution in [1.82, 2.24) is 5.32 Å². The summed E-state index contributed by atoms with van der Waals surface area (Å²) < 4.78 is 15.3. The van der Waals surface area contributed by atoms with Gasteiger partial charge in [0.25, 0.3) is 0 Å². The Morgan fingerprint density at radius 2 is 1.73 bits per heavy atom. The molecule has 0 fully saturated rings. The van der Waals surface area contributed by atoms with E-state index in [9.17, 15) is 14.4 Å². The van der Waals surface area contributed by atoms with Crippen LogP contribution in [0.4, 0.5) is 4.79 Å².